The van der Waals surface area contributed by atoms with E-state index in [2.05, 4.69) is 5.32 Å². The van der Waals surface area contributed by atoms with E-state index in [0.29, 0.717) is 12.4 Å². The molecule has 0 bridgehead atoms. The molecule has 0 saturated heterocycles. The quantitative estimate of drug-likeness (QED) is 0.853. The van der Waals surface area contributed by atoms with Gasteiger partial charge in [-0.1, -0.05) is 30.3 Å². The topological polar surface area (TPSA) is 47.6 Å². The molecule has 0 spiro atoms. The number of hydrogen-bond donors (Lipinski definition) is 1. The van der Waals surface area contributed by atoms with Gasteiger partial charge in [-0.25, -0.2) is 0 Å². The first-order chi connectivity index (χ1) is 11.0. The highest BCUT2D eigenvalue weighted by molar-refractivity contribution is 5.77. The van der Waals surface area contributed by atoms with Gasteiger partial charge in [0.15, 0.2) is 6.61 Å². The predicted molar refractivity (Wildman–Crippen MR) is 91.0 cm³/mol. The molecule has 2 aromatic carbocycles. The maximum absolute atomic E-state index is 11.9. The molecule has 1 atom stereocenters. The van der Waals surface area contributed by atoms with Crippen LogP contribution < -0.4 is 14.8 Å². The maximum Gasteiger partial charge on any atom is 0.258 e. The molecule has 1 unspecified atom stereocenters. The van der Waals surface area contributed by atoms with Crippen molar-refractivity contribution >= 4 is 5.91 Å². The molecular weight excluding hydrogens is 290 g/mol. The minimum absolute atomic E-state index is 0.00183. The van der Waals surface area contributed by atoms with E-state index < -0.39 is 0 Å². The molecule has 0 aliphatic heterocycles. The van der Waals surface area contributed by atoms with Crippen molar-refractivity contribution in [3.05, 3.63) is 59.7 Å². The first kappa shape index (κ1) is 16.9. The highest BCUT2D eigenvalue weighted by Crippen LogP contribution is 2.16. The number of ether oxygens (including phenoxy) is 2. The molecule has 1 N–H and O–H groups in total. The summed E-state index contributed by atoms with van der Waals surface area (Å²) in [7, 11) is 0. The standard InChI is InChI=1S/C19H23NO3/c1-14-7-6-9-17(11-14)22-13-19(21)20-16(3)12-23-18-10-5-4-8-15(18)2/h4-11,16H,12-13H2,1-3H3,(H,20,21). The van der Waals surface area contributed by atoms with Crippen LogP contribution in [0.2, 0.25) is 0 Å². The lowest BCUT2D eigenvalue weighted by Crippen LogP contribution is -2.39. The summed E-state index contributed by atoms with van der Waals surface area (Å²) in [4.78, 5) is 11.9. The van der Waals surface area contributed by atoms with Crippen molar-refractivity contribution in [2.45, 2.75) is 26.8 Å². The van der Waals surface area contributed by atoms with Crippen molar-refractivity contribution in [3.63, 3.8) is 0 Å². The average molecular weight is 313 g/mol. The molecule has 4 heteroatoms. The van der Waals surface area contributed by atoms with Crippen LogP contribution in [0, 0.1) is 13.8 Å². The SMILES string of the molecule is Cc1cccc(OCC(=O)NC(C)COc2ccccc2C)c1. The van der Waals surface area contributed by atoms with E-state index in [1.807, 2.05) is 69.3 Å². The minimum atomic E-state index is -0.160. The van der Waals surface area contributed by atoms with Gasteiger partial charge in [-0.05, 0) is 50.1 Å². The molecular formula is C19H23NO3. The largest absolute Gasteiger partial charge is 0.491 e. The van der Waals surface area contributed by atoms with Crippen molar-refractivity contribution in [3.8, 4) is 11.5 Å². The second kappa shape index (κ2) is 8.22. The normalized spacial score (nSPS) is 11.6. The van der Waals surface area contributed by atoms with Crippen LogP contribution in [0.3, 0.4) is 0 Å². The number of carbonyl (C=O) groups excluding carboxylic acids is 1. The van der Waals surface area contributed by atoms with Crippen molar-refractivity contribution in [2.24, 2.45) is 0 Å². The Kier molecular flexibility index (Phi) is 6.03. The lowest BCUT2D eigenvalue weighted by Gasteiger charge is -2.16. The molecule has 0 radical (unpaired) electrons. The second-order valence-corrected chi connectivity index (χ2v) is 5.65. The van der Waals surface area contributed by atoms with E-state index in [9.17, 15) is 4.79 Å². The molecule has 0 fully saturated rings. The minimum Gasteiger partial charge on any atom is -0.491 e. The molecule has 0 saturated carbocycles. The third-order valence-corrected chi connectivity index (χ3v) is 3.35. The Bertz CT molecular complexity index is 655. The molecule has 2 rings (SSSR count). The molecule has 0 heterocycles. The average Bonchev–Trinajstić information content (AvgIpc) is 2.52. The van der Waals surface area contributed by atoms with Gasteiger partial charge in [-0.2, -0.15) is 0 Å². The molecule has 23 heavy (non-hydrogen) atoms. The Balaban J connectivity index is 1.73. The first-order valence-electron chi connectivity index (χ1n) is 7.72. The van der Waals surface area contributed by atoms with E-state index in [-0.39, 0.29) is 18.6 Å². The smallest absolute Gasteiger partial charge is 0.258 e. The number of nitrogens with one attached hydrogen (secondary N) is 1. The summed E-state index contributed by atoms with van der Waals surface area (Å²) in [5, 5.41) is 2.87. The monoisotopic (exact) mass is 313 g/mol. The zero-order valence-electron chi connectivity index (χ0n) is 13.8. The van der Waals surface area contributed by atoms with Gasteiger partial charge >= 0.3 is 0 Å². The van der Waals surface area contributed by atoms with Crippen LogP contribution in [0.25, 0.3) is 0 Å². The van der Waals surface area contributed by atoms with E-state index in [4.69, 9.17) is 9.47 Å². The Labute approximate surface area is 137 Å². The summed E-state index contributed by atoms with van der Waals surface area (Å²) >= 11 is 0. The Morgan fingerprint density at radius 2 is 1.87 bits per heavy atom. The van der Waals surface area contributed by atoms with Crippen molar-refractivity contribution in [2.75, 3.05) is 13.2 Å². The van der Waals surface area contributed by atoms with Crippen molar-refractivity contribution in [1.29, 1.82) is 0 Å². The van der Waals surface area contributed by atoms with Gasteiger partial charge in [0.1, 0.15) is 18.1 Å². The summed E-state index contributed by atoms with van der Waals surface area (Å²) < 4.78 is 11.2. The molecule has 0 aliphatic carbocycles. The van der Waals surface area contributed by atoms with Gasteiger partial charge in [0, 0.05) is 0 Å². The Morgan fingerprint density at radius 1 is 1.09 bits per heavy atom. The van der Waals surface area contributed by atoms with Crippen LogP contribution in [0.15, 0.2) is 48.5 Å². The highest BCUT2D eigenvalue weighted by Gasteiger charge is 2.09. The number of para-hydroxylation sites is 1. The van der Waals surface area contributed by atoms with Crippen molar-refractivity contribution in [1.82, 2.24) is 5.32 Å². The van der Waals surface area contributed by atoms with Crippen LogP contribution in [-0.2, 0) is 4.79 Å². The predicted octanol–water partition coefficient (Wildman–Crippen LogP) is 3.27. The first-order valence-corrected chi connectivity index (χ1v) is 7.72. The van der Waals surface area contributed by atoms with Gasteiger partial charge in [0.2, 0.25) is 0 Å². The fraction of sp³-hybridized carbons (Fsp3) is 0.316. The molecule has 122 valence electrons. The van der Waals surface area contributed by atoms with Gasteiger partial charge in [-0.15, -0.1) is 0 Å². The van der Waals surface area contributed by atoms with Crippen LogP contribution >= 0.6 is 0 Å². The highest BCUT2D eigenvalue weighted by atomic mass is 16.5. The van der Waals surface area contributed by atoms with Gasteiger partial charge < -0.3 is 14.8 Å². The summed E-state index contributed by atoms with van der Waals surface area (Å²) in [6.07, 6.45) is 0. The van der Waals surface area contributed by atoms with Gasteiger partial charge in [0.25, 0.3) is 5.91 Å². The Morgan fingerprint density at radius 3 is 2.61 bits per heavy atom. The lowest BCUT2D eigenvalue weighted by molar-refractivity contribution is -0.123. The van der Waals surface area contributed by atoms with E-state index in [1.165, 1.54) is 0 Å². The zero-order chi connectivity index (χ0) is 16.7. The number of aryl methyl sites for hydroxylation is 2. The lowest BCUT2D eigenvalue weighted by atomic mass is 10.2. The third kappa shape index (κ3) is 5.66. The third-order valence-electron chi connectivity index (χ3n) is 3.35. The van der Waals surface area contributed by atoms with Crippen LogP contribution in [0.5, 0.6) is 11.5 Å². The summed E-state index contributed by atoms with van der Waals surface area (Å²) in [5.41, 5.74) is 2.18. The number of benzene rings is 2. The summed E-state index contributed by atoms with van der Waals surface area (Å²) in [5.74, 6) is 1.38. The summed E-state index contributed by atoms with van der Waals surface area (Å²) in [6.45, 7) is 6.30. The molecule has 2 aromatic rings. The van der Waals surface area contributed by atoms with E-state index in [0.717, 1.165) is 16.9 Å². The Hall–Kier alpha value is -2.49. The summed E-state index contributed by atoms with van der Waals surface area (Å²) in [6, 6.07) is 15.3. The molecule has 0 aliphatic rings. The number of hydrogen-bond acceptors (Lipinski definition) is 3. The number of carbonyl (C=O) groups is 1. The van der Waals surface area contributed by atoms with Crippen LogP contribution in [0.1, 0.15) is 18.1 Å². The molecule has 4 nitrogen and oxygen atoms in total. The van der Waals surface area contributed by atoms with Gasteiger partial charge in [-0.3, -0.25) is 4.79 Å². The second-order valence-electron chi connectivity index (χ2n) is 5.65. The molecule has 1 amide bonds. The fourth-order valence-corrected chi connectivity index (χ4v) is 2.15. The van der Waals surface area contributed by atoms with E-state index >= 15 is 0 Å². The number of amides is 1. The fourth-order valence-electron chi connectivity index (χ4n) is 2.15. The van der Waals surface area contributed by atoms with E-state index in [1.54, 1.807) is 0 Å². The number of rotatable bonds is 7. The van der Waals surface area contributed by atoms with Crippen LogP contribution in [0.4, 0.5) is 0 Å². The van der Waals surface area contributed by atoms with Gasteiger partial charge in [0.05, 0.1) is 6.04 Å². The maximum atomic E-state index is 11.9. The van der Waals surface area contributed by atoms with Crippen molar-refractivity contribution < 1.29 is 14.3 Å². The molecule has 0 aromatic heterocycles. The van der Waals surface area contributed by atoms with Crippen LogP contribution in [-0.4, -0.2) is 25.2 Å². The zero-order valence-corrected chi connectivity index (χ0v) is 13.8.